The molecule has 4 atom stereocenters. The Morgan fingerprint density at radius 1 is 1.13 bits per heavy atom. The Morgan fingerprint density at radius 3 is 2.57 bits per heavy atom. The predicted molar refractivity (Wildman–Crippen MR) is 123 cm³/mol. The molecular weight excluding hydrogens is 398 g/mol. The van der Waals surface area contributed by atoms with E-state index >= 15 is 0 Å². The van der Waals surface area contributed by atoms with Gasteiger partial charge in [-0.05, 0) is 42.4 Å². The number of benzene rings is 1. The van der Waals surface area contributed by atoms with Crippen LogP contribution in [0.3, 0.4) is 0 Å². The maximum atomic E-state index is 12.7. The second-order valence-corrected chi connectivity index (χ2v) is 9.74. The van der Waals surface area contributed by atoms with Gasteiger partial charge < -0.3 is 15.1 Å². The van der Waals surface area contributed by atoms with Gasteiger partial charge in [0.25, 0.3) is 0 Å². The molecule has 30 heavy (non-hydrogen) atoms. The van der Waals surface area contributed by atoms with Crippen LogP contribution in [0.4, 0.5) is 5.69 Å². The van der Waals surface area contributed by atoms with E-state index in [9.17, 15) is 9.59 Å². The number of nitrogens with one attached hydrogen (secondary N) is 1. The molecule has 1 aromatic carbocycles. The average Bonchev–Trinajstić information content (AvgIpc) is 2.71. The highest BCUT2D eigenvalue weighted by molar-refractivity contribution is 6.30. The molecule has 1 aliphatic heterocycles. The van der Waals surface area contributed by atoms with E-state index in [4.69, 9.17) is 11.6 Å². The second kappa shape index (κ2) is 10.5. The summed E-state index contributed by atoms with van der Waals surface area (Å²) in [4.78, 5) is 29.4. The minimum Gasteiger partial charge on any atom is -0.368 e. The van der Waals surface area contributed by atoms with Gasteiger partial charge in [0, 0.05) is 55.8 Å². The largest absolute Gasteiger partial charge is 0.368 e. The topological polar surface area (TPSA) is 52.7 Å². The quantitative estimate of drug-likeness (QED) is 0.725. The summed E-state index contributed by atoms with van der Waals surface area (Å²) < 4.78 is 0. The zero-order valence-corrected chi connectivity index (χ0v) is 19.3. The lowest BCUT2D eigenvalue weighted by Crippen LogP contribution is -2.49. The zero-order chi connectivity index (χ0) is 21.7. The molecule has 5 nitrogen and oxygen atoms in total. The number of anilines is 1. The number of rotatable bonds is 6. The van der Waals surface area contributed by atoms with Crippen molar-refractivity contribution in [3.8, 4) is 0 Å². The Morgan fingerprint density at radius 2 is 1.87 bits per heavy atom. The van der Waals surface area contributed by atoms with Crippen LogP contribution < -0.4 is 10.2 Å². The first-order valence-corrected chi connectivity index (χ1v) is 11.8. The highest BCUT2D eigenvalue weighted by Crippen LogP contribution is 2.29. The van der Waals surface area contributed by atoms with Crippen molar-refractivity contribution in [1.29, 1.82) is 0 Å². The van der Waals surface area contributed by atoms with Crippen LogP contribution >= 0.6 is 11.6 Å². The van der Waals surface area contributed by atoms with Gasteiger partial charge in [0.1, 0.15) is 0 Å². The van der Waals surface area contributed by atoms with E-state index < -0.39 is 0 Å². The first-order valence-electron chi connectivity index (χ1n) is 11.4. The fourth-order valence-corrected chi connectivity index (χ4v) is 4.94. The summed E-state index contributed by atoms with van der Waals surface area (Å²) >= 11 is 6.09. The molecule has 4 unspecified atom stereocenters. The third kappa shape index (κ3) is 6.13. The monoisotopic (exact) mass is 433 g/mol. The molecule has 3 rings (SSSR count). The number of carbonyl (C=O) groups excluding carboxylic acids is 2. The van der Waals surface area contributed by atoms with Gasteiger partial charge in [0.2, 0.25) is 11.8 Å². The van der Waals surface area contributed by atoms with Crippen molar-refractivity contribution in [1.82, 2.24) is 10.2 Å². The minimum absolute atomic E-state index is 0.0554. The normalized spacial score (nSPS) is 25.7. The van der Waals surface area contributed by atoms with Gasteiger partial charge in [-0.3, -0.25) is 9.59 Å². The van der Waals surface area contributed by atoms with Crippen LogP contribution in [-0.4, -0.2) is 48.9 Å². The van der Waals surface area contributed by atoms with Gasteiger partial charge in [-0.15, -0.1) is 0 Å². The van der Waals surface area contributed by atoms with Crippen LogP contribution in [0.5, 0.6) is 0 Å². The Hall–Kier alpha value is -1.75. The highest BCUT2D eigenvalue weighted by Gasteiger charge is 2.29. The number of nitrogens with zero attached hydrogens (tertiary/aromatic N) is 2. The zero-order valence-electron chi connectivity index (χ0n) is 18.6. The van der Waals surface area contributed by atoms with Crippen molar-refractivity contribution in [3.05, 3.63) is 29.3 Å². The van der Waals surface area contributed by atoms with E-state index in [0.29, 0.717) is 37.8 Å². The lowest BCUT2D eigenvalue weighted by atomic mass is 9.78. The minimum atomic E-state index is 0.0554. The number of hydrogen-bond acceptors (Lipinski definition) is 3. The van der Waals surface area contributed by atoms with Crippen molar-refractivity contribution in [2.45, 2.75) is 58.9 Å². The number of halogens is 1. The van der Waals surface area contributed by atoms with Crippen LogP contribution in [0.25, 0.3) is 0 Å². The van der Waals surface area contributed by atoms with E-state index in [2.05, 4.69) is 30.1 Å². The molecule has 2 fully saturated rings. The molecule has 1 aromatic rings. The molecule has 1 heterocycles. The van der Waals surface area contributed by atoms with E-state index in [1.54, 1.807) is 0 Å². The predicted octanol–water partition coefficient (Wildman–Crippen LogP) is 4.35. The van der Waals surface area contributed by atoms with Gasteiger partial charge in [-0.25, -0.2) is 0 Å². The highest BCUT2D eigenvalue weighted by atomic mass is 35.5. The molecule has 1 N–H and O–H groups in total. The van der Waals surface area contributed by atoms with E-state index in [0.717, 1.165) is 30.2 Å². The summed E-state index contributed by atoms with van der Waals surface area (Å²) in [6.45, 7) is 9.55. The smallest absolute Gasteiger partial charge is 0.222 e. The van der Waals surface area contributed by atoms with Gasteiger partial charge >= 0.3 is 0 Å². The molecule has 0 spiro atoms. The summed E-state index contributed by atoms with van der Waals surface area (Å²) in [5.74, 6) is 1.48. The van der Waals surface area contributed by atoms with Gasteiger partial charge in [0.05, 0.1) is 0 Å². The van der Waals surface area contributed by atoms with Crippen LogP contribution in [0.1, 0.15) is 52.9 Å². The molecule has 0 radical (unpaired) electrons. The lowest BCUT2D eigenvalue weighted by molar-refractivity contribution is -0.132. The van der Waals surface area contributed by atoms with Crippen LogP contribution in [0.15, 0.2) is 24.3 Å². The van der Waals surface area contributed by atoms with Crippen LogP contribution in [0, 0.1) is 17.8 Å². The van der Waals surface area contributed by atoms with Crippen molar-refractivity contribution in [2.75, 3.05) is 31.1 Å². The van der Waals surface area contributed by atoms with E-state index in [-0.39, 0.29) is 23.8 Å². The maximum absolute atomic E-state index is 12.7. The standard InChI is InChI=1S/C24H36ClN3O2/c1-17(14-23(29)26-22-9-4-6-18(2)19(22)3)15-24(30)28-12-10-27(11-13-28)21-8-5-7-20(25)16-21/h5,7-8,16-19,22H,4,6,9-15H2,1-3H3,(H,26,29). The summed E-state index contributed by atoms with van der Waals surface area (Å²) in [7, 11) is 0. The third-order valence-electron chi connectivity index (χ3n) is 6.92. The van der Waals surface area contributed by atoms with Crippen molar-refractivity contribution in [3.63, 3.8) is 0 Å². The summed E-state index contributed by atoms with van der Waals surface area (Å²) in [6.07, 6.45) is 4.36. The molecule has 2 aliphatic rings. The number of piperazine rings is 1. The fraction of sp³-hybridized carbons (Fsp3) is 0.667. The fourth-order valence-electron chi connectivity index (χ4n) is 4.75. The summed E-state index contributed by atoms with van der Waals surface area (Å²) in [5, 5.41) is 3.96. The van der Waals surface area contributed by atoms with E-state index in [1.807, 2.05) is 30.0 Å². The molecule has 0 aromatic heterocycles. The molecular formula is C24H36ClN3O2. The molecule has 1 saturated heterocycles. The van der Waals surface area contributed by atoms with Crippen LogP contribution in [0.2, 0.25) is 5.02 Å². The van der Waals surface area contributed by atoms with Crippen molar-refractivity contribution >= 4 is 29.1 Å². The summed E-state index contributed by atoms with van der Waals surface area (Å²) in [6, 6.07) is 8.13. The summed E-state index contributed by atoms with van der Waals surface area (Å²) in [5.41, 5.74) is 1.10. The Kier molecular flexibility index (Phi) is 8.04. The molecule has 1 aliphatic carbocycles. The Labute approximate surface area is 186 Å². The maximum Gasteiger partial charge on any atom is 0.222 e. The van der Waals surface area contributed by atoms with Gasteiger partial charge in [0.15, 0.2) is 0 Å². The lowest BCUT2D eigenvalue weighted by Gasteiger charge is -2.36. The first kappa shape index (κ1) is 22.9. The number of carbonyl (C=O) groups is 2. The number of amides is 2. The van der Waals surface area contributed by atoms with E-state index in [1.165, 1.54) is 12.8 Å². The SMILES string of the molecule is CC(CC(=O)NC1CCCC(C)C1C)CC(=O)N1CCN(c2cccc(Cl)c2)CC1. The molecule has 2 amide bonds. The second-order valence-electron chi connectivity index (χ2n) is 9.30. The van der Waals surface area contributed by atoms with Crippen molar-refractivity contribution in [2.24, 2.45) is 17.8 Å². The molecule has 0 bridgehead atoms. The molecule has 6 heteroatoms. The molecule has 166 valence electrons. The third-order valence-corrected chi connectivity index (χ3v) is 7.15. The first-order chi connectivity index (χ1) is 14.3. The van der Waals surface area contributed by atoms with Crippen molar-refractivity contribution < 1.29 is 9.59 Å². The van der Waals surface area contributed by atoms with Gasteiger partial charge in [-0.1, -0.05) is 51.3 Å². The Balaban J connectivity index is 1.41. The average molecular weight is 434 g/mol. The Bertz CT molecular complexity index is 733. The van der Waals surface area contributed by atoms with Crippen LogP contribution in [-0.2, 0) is 9.59 Å². The number of hydrogen-bond donors (Lipinski definition) is 1. The van der Waals surface area contributed by atoms with Gasteiger partial charge in [-0.2, -0.15) is 0 Å². The molecule has 1 saturated carbocycles.